The van der Waals surface area contributed by atoms with Gasteiger partial charge in [-0.25, -0.2) is 4.79 Å². The lowest BCUT2D eigenvalue weighted by Crippen LogP contribution is -2.46. The molecule has 0 spiro atoms. The van der Waals surface area contributed by atoms with Crippen LogP contribution in [-0.4, -0.2) is 79.0 Å². The predicted octanol–water partition coefficient (Wildman–Crippen LogP) is 0.722. The van der Waals surface area contributed by atoms with Crippen molar-refractivity contribution in [1.82, 2.24) is 9.80 Å². The van der Waals surface area contributed by atoms with Gasteiger partial charge in [0.1, 0.15) is 5.56 Å². The van der Waals surface area contributed by atoms with E-state index in [4.69, 9.17) is 21.1 Å². The molecule has 1 aliphatic heterocycles. The number of amides is 2. The summed E-state index contributed by atoms with van der Waals surface area (Å²) in [5, 5.41) is 11.1. The van der Waals surface area contributed by atoms with Gasteiger partial charge in [0.2, 0.25) is 5.91 Å². The van der Waals surface area contributed by atoms with Crippen LogP contribution in [0.2, 0.25) is 5.02 Å². The molecule has 2 amide bonds. The Hall–Kier alpha value is -2.72. The lowest BCUT2D eigenvalue weighted by molar-refractivity contribution is -0.385. The Labute approximate surface area is 159 Å². The summed E-state index contributed by atoms with van der Waals surface area (Å²) < 4.78 is 10.0. The van der Waals surface area contributed by atoms with E-state index >= 15 is 0 Å². The molecule has 0 bridgehead atoms. The number of benzene rings is 1. The van der Waals surface area contributed by atoms with E-state index in [1.807, 2.05) is 0 Å². The lowest BCUT2D eigenvalue weighted by atomic mass is 10.2. The van der Waals surface area contributed by atoms with E-state index in [-0.39, 0.29) is 23.0 Å². The van der Waals surface area contributed by atoms with Crippen LogP contribution in [0.25, 0.3) is 0 Å². The van der Waals surface area contributed by atoms with Crippen molar-refractivity contribution in [1.29, 1.82) is 0 Å². The van der Waals surface area contributed by atoms with Crippen molar-refractivity contribution >= 4 is 35.1 Å². The molecule has 10 nitrogen and oxygen atoms in total. The Morgan fingerprint density at radius 2 is 2.00 bits per heavy atom. The van der Waals surface area contributed by atoms with Crippen molar-refractivity contribution in [3.63, 3.8) is 0 Å². The number of nitrogens with zero attached hydrogens (tertiary/aromatic N) is 3. The number of morpholine rings is 1. The van der Waals surface area contributed by atoms with Gasteiger partial charge in [-0.1, -0.05) is 11.6 Å². The van der Waals surface area contributed by atoms with E-state index in [0.29, 0.717) is 26.3 Å². The average molecular weight is 400 g/mol. The predicted molar refractivity (Wildman–Crippen MR) is 93.4 cm³/mol. The standard InChI is InChI=1S/C16H18ClN3O7/c1-18(9-14(21)19-4-6-26-7-5-19)15(22)10-27-16(23)12-8-11(17)2-3-13(12)20(24)25/h2-3,8H,4-7,9-10H2,1H3. The highest BCUT2D eigenvalue weighted by atomic mass is 35.5. The molecule has 146 valence electrons. The molecule has 1 aromatic carbocycles. The van der Waals surface area contributed by atoms with Crippen molar-refractivity contribution in [2.45, 2.75) is 0 Å². The molecule has 11 heteroatoms. The maximum atomic E-state index is 12.1. The van der Waals surface area contributed by atoms with E-state index < -0.39 is 29.1 Å². The second-order valence-electron chi connectivity index (χ2n) is 5.74. The Bertz CT molecular complexity index is 750. The second-order valence-corrected chi connectivity index (χ2v) is 6.17. The molecule has 0 saturated carbocycles. The van der Waals surface area contributed by atoms with Crippen LogP contribution in [0.5, 0.6) is 0 Å². The molecule has 1 fully saturated rings. The van der Waals surface area contributed by atoms with Crippen LogP contribution in [0.1, 0.15) is 10.4 Å². The van der Waals surface area contributed by atoms with Gasteiger partial charge in [-0.05, 0) is 12.1 Å². The van der Waals surface area contributed by atoms with Gasteiger partial charge in [0.15, 0.2) is 6.61 Å². The fourth-order valence-electron chi connectivity index (χ4n) is 2.35. The van der Waals surface area contributed by atoms with E-state index in [1.54, 1.807) is 4.90 Å². The zero-order valence-electron chi connectivity index (χ0n) is 14.6. The van der Waals surface area contributed by atoms with Crippen LogP contribution in [0, 0.1) is 10.1 Å². The zero-order valence-corrected chi connectivity index (χ0v) is 15.3. The summed E-state index contributed by atoms with van der Waals surface area (Å²) in [6.45, 7) is 0.963. The maximum absolute atomic E-state index is 12.1. The highest BCUT2D eigenvalue weighted by molar-refractivity contribution is 6.31. The first-order valence-electron chi connectivity index (χ1n) is 8.00. The highest BCUT2D eigenvalue weighted by Gasteiger charge is 2.24. The third-order valence-electron chi connectivity index (χ3n) is 3.86. The number of esters is 1. The number of halogens is 1. The number of hydrogen-bond acceptors (Lipinski definition) is 7. The van der Waals surface area contributed by atoms with Gasteiger partial charge >= 0.3 is 5.97 Å². The lowest BCUT2D eigenvalue weighted by Gasteiger charge is -2.28. The number of likely N-dealkylation sites (N-methyl/N-ethyl adjacent to an activating group) is 1. The number of nitro benzene ring substituents is 1. The Kier molecular flexibility index (Phi) is 7.08. The summed E-state index contributed by atoms with van der Waals surface area (Å²) in [6.07, 6.45) is 0. The molecule has 0 atom stereocenters. The second kappa shape index (κ2) is 9.28. The minimum atomic E-state index is -1.05. The topological polar surface area (TPSA) is 119 Å². The first-order valence-corrected chi connectivity index (χ1v) is 8.38. The fourth-order valence-corrected chi connectivity index (χ4v) is 2.52. The number of carbonyl (C=O) groups excluding carboxylic acids is 3. The van der Waals surface area contributed by atoms with Crippen LogP contribution in [0.3, 0.4) is 0 Å². The maximum Gasteiger partial charge on any atom is 0.345 e. The van der Waals surface area contributed by atoms with Gasteiger partial charge in [0, 0.05) is 31.2 Å². The van der Waals surface area contributed by atoms with E-state index in [1.165, 1.54) is 13.1 Å². The Balaban J connectivity index is 1.90. The van der Waals surface area contributed by atoms with Gasteiger partial charge in [-0.3, -0.25) is 19.7 Å². The van der Waals surface area contributed by atoms with E-state index in [0.717, 1.165) is 17.0 Å². The van der Waals surface area contributed by atoms with Crippen LogP contribution in [0.15, 0.2) is 18.2 Å². The summed E-state index contributed by atoms with van der Waals surface area (Å²) in [5.74, 6) is -1.91. The molecule has 0 radical (unpaired) electrons. The molecule has 27 heavy (non-hydrogen) atoms. The summed E-state index contributed by atoms with van der Waals surface area (Å²) in [5.41, 5.74) is -0.833. The molecule has 0 N–H and O–H groups in total. The Morgan fingerprint density at radius 1 is 1.33 bits per heavy atom. The SMILES string of the molecule is CN(CC(=O)N1CCOCC1)C(=O)COC(=O)c1cc(Cl)ccc1[N+](=O)[O-]. The summed E-state index contributed by atoms with van der Waals surface area (Å²) in [6, 6.07) is 3.44. The van der Waals surface area contributed by atoms with Crippen LogP contribution < -0.4 is 0 Å². The first-order chi connectivity index (χ1) is 12.8. The molecular formula is C16H18ClN3O7. The van der Waals surface area contributed by atoms with Gasteiger partial charge in [-0.2, -0.15) is 0 Å². The largest absolute Gasteiger partial charge is 0.452 e. The van der Waals surface area contributed by atoms with Crippen molar-refractivity contribution in [3.05, 3.63) is 38.9 Å². The molecule has 2 rings (SSSR count). The number of rotatable bonds is 6. The van der Waals surface area contributed by atoms with Gasteiger partial charge < -0.3 is 19.3 Å². The minimum Gasteiger partial charge on any atom is -0.452 e. The summed E-state index contributed by atoms with van der Waals surface area (Å²) in [7, 11) is 1.40. The fraction of sp³-hybridized carbons (Fsp3) is 0.438. The van der Waals surface area contributed by atoms with Crippen molar-refractivity contribution < 1.29 is 28.8 Å². The van der Waals surface area contributed by atoms with Gasteiger partial charge in [0.05, 0.1) is 24.7 Å². The molecule has 1 saturated heterocycles. The van der Waals surface area contributed by atoms with Crippen LogP contribution >= 0.6 is 11.6 Å². The van der Waals surface area contributed by atoms with Crippen molar-refractivity contribution in [2.75, 3.05) is 46.5 Å². The molecule has 1 aromatic rings. The molecule has 0 aliphatic carbocycles. The minimum absolute atomic E-state index is 0.118. The number of nitro groups is 1. The third-order valence-corrected chi connectivity index (χ3v) is 4.10. The molecule has 0 aromatic heterocycles. The number of carbonyl (C=O) groups is 3. The first kappa shape index (κ1) is 20.6. The highest BCUT2D eigenvalue weighted by Crippen LogP contribution is 2.23. The van der Waals surface area contributed by atoms with Crippen LogP contribution in [-0.2, 0) is 19.1 Å². The molecule has 1 heterocycles. The van der Waals surface area contributed by atoms with Crippen molar-refractivity contribution in [3.8, 4) is 0 Å². The molecule has 1 aliphatic rings. The van der Waals surface area contributed by atoms with Gasteiger partial charge in [0.25, 0.3) is 11.6 Å². The molecular weight excluding hydrogens is 382 g/mol. The monoisotopic (exact) mass is 399 g/mol. The van der Waals surface area contributed by atoms with Gasteiger partial charge in [-0.15, -0.1) is 0 Å². The van der Waals surface area contributed by atoms with E-state index in [9.17, 15) is 24.5 Å². The van der Waals surface area contributed by atoms with Crippen LogP contribution in [0.4, 0.5) is 5.69 Å². The smallest absolute Gasteiger partial charge is 0.345 e. The normalized spacial score (nSPS) is 13.8. The number of ether oxygens (including phenoxy) is 2. The summed E-state index contributed by atoms with van der Waals surface area (Å²) in [4.78, 5) is 49.2. The Morgan fingerprint density at radius 3 is 2.63 bits per heavy atom. The van der Waals surface area contributed by atoms with Crippen molar-refractivity contribution in [2.24, 2.45) is 0 Å². The zero-order chi connectivity index (χ0) is 20.0. The average Bonchev–Trinajstić information content (AvgIpc) is 2.65. The third kappa shape index (κ3) is 5.63. The quantitative estimate of drug-likeness (QED) is 0.392. The number of hydrogen-bond donors (Lipinski definition) is 0. The van der Waals surface area contributed by atoms with E-state index in [2.05, 4.69) is 0 Å². The summed E-state index contributed by atoms with van der Waals surface area (Å²) >= 11 is 5.75. The molecule has 0 unspecified atom stereocenters.